The molecule has 0 radical (unpaired) electrons. The molecule has 0 spiro atoms. The van der Waals surface area contributed by atoms with Gasteiger partial charge in [-0.25, -0.2) is 4.98 Å². The first-order chi connectivity index (χ1) is 7.51. The van der Waals surface area contributed by atoms with E-state index in [0.717, 1.165) is 31.0 Å². The van der Waals surface area contributed by atoms with Crippen molar-refractivity contribution in [2.24, 2.45) is 18.9 Å². The van der Waals surface area contributed by atoms with Crippen molar-refractivity contribution in [2.45, 2.75) is 45.1 Å². The second-order valence-corrected chi connectivity index (χ2v) is 5.36. The lowest BCUT2D eigenvalue weighted by Crippen LogP contribution is -2.43. The maximum Gasteiger partial charge on any atom is 0.138 e. The number of hydrogen-bond donors (Lipinski definition) is 1. The number of rotatable bonds is 2. The highest BCUT2D eigenvalue weighted by Crippen LogP contribution is 2.38. The van der Waals surface area contributed by atoms with Crippen LogP contribution in [0.1, 0.15) is 38.9 Å². The Bertz CT molecular complexity index is 363. The van der Waals surface area contributed by atoms with Crippen molar-refractivity contribution in [1.82, 2.24) is 14.8 Å². The van der Waals surface area contributed by atoms with E-state index in [1.807, 2.05) is 7.05 Å². The van der Waals surface area contributed by atoms with Crippen LogP contribution in [-0.4, -0.2) is 25.5 Å². The highest BCUT2D eigenvalue weighted by molar-refractivity contribution is 4.99. The van der Waals surface area contributed by atoms with E-state index in [4.69, 9.17) is 0 Å². The van der Waals surface area contributed by atoms with Crippen LogP contribution in [0.15, 0.2) is 6.33 Å². The summed E-state index contributed by atoms with van der Waals surface area (Å²) in [7, 11) is 1.88. The van der Waals surface area contributed by atoms with Gasteiger partial charge in [0.05, 0.1) is 5.60 Å². The summed E-state index contributed by atoms with van der Waals surface area (Å²) < 4.78 is 1.75. The van der Waals surface area contributed by atoms with Gasteiger partial charge >= 0.3 is 0 Å². The molecule has 90 valence electrons. The van der Waals surface area contributed by atoms with Crippen LogP contribution in [0.25, 0.3) is 0 Å². The summed E-state index contributed by atoms with van der Waals surface area (Å²) in [6.07, 6.45) is 5.27. The van der Waals surface area contributed by atoms with E-state index in [-0.39, 0.29) is 0 Å². The smallest absolute Gasteiger partial charge is 0.138 e. The van der Waals surface area contributed by atoms with E-state index in [1.54, 1.807) is 11.0 Å². The second kappa shape index (κ2) is 4.17. The van der Waals surface area contributed by atoms with E-state index in [1.165, 1.54) is 0 Å². The molecule has 0 saturated heterocycles. The van der Waals surface area contributed by atoms with Crippen molar-refractivity contribution >= 4 is 0 Å². The summed E-state index contributed by atoms with van der Waals surface area (Å²) in [5.74, 6) is 1.95. The molecule has 1 heterocycles. The third-order valence-corrected chi connectivity index (χ3v) is 4.01. The first-order valence-electron chi connectivity index (χ1n) is 6.06. The topological polar surface area (TPSA) is 50.9 Å². The minimum atomic E-state index is -0.590. The van der Waals surface area contributed by atoms with Gasteiger partial charge in [-0.3, -0.25) is 4.68 Å². The largest absolute Gasteiger partial charge is 0.389 e. The van der Waals surface area contributed by atoms with E-state index in [2.05, 4.69) is 23.9 Å². The lowest BCUT2D eigenvalue weighted by atomic mass is 9.71. The number of aliphatic hydroxyl groups is 1. The van der Waals surface area contributed by atoms with E-state index in [0.29, 0.717) is 12.3 Å². The van der Waals surface area contributed by atoms with Gasteiger partial charge < -0.3 is 5.11 Å². The van der Waals surface area contributed by atoms with Crippen LogP contribution in [-0.2, 0) is 13.5 Å². The first-order valence-corrected chi connectivity index (χ1v) is 6.06. The fourth-order valence-corrected chi connectivity index (χ4v) is 2.70. The third-order valence-electron chi connectivity index (χ3n) is 4.01. The molecular weight excluding hydrogens is 202 g/mol. The van der Waals surface area contributed by atoms with E-state index in [9.17, 15) is 5.11 Å². The fourth-order valence-electron chi connectivity index (χ4n) is 2.70. The van der Waals surface area contributed by atoms with Crippen molar-refractivity contribution in [3.05, 3.63) is 12.2 Å². The second-order valence-electron chi connectivity index (χ2n) is 5.36. The Labute approximate surface area is 96.7 Å². The summed E-state index contributed by atoms with van der Waals surface area (Å²) in [4.78, 5) is 4.20. The van der Waals surface area contributed by atoms with Crippen LogP contribution >= 0.6 is 0 Å². The van der Waals surface area contributed by atoms with Gasteiger partial charge in [-0.05, 0) is 31.1 Å². The van der Waals surface area contributed by atoms with Gasteiger partial charge in [0.1, 0.15) is 12.2 Å². The average Bonchev–Trinajstić information content (AvgIpc) is 2.60. The molecule has 1 saturated carbocycles. The zero-order valence-corrected chi connectivity index (χ0v) is 10.3. The van der Waals surface area contributed by atoms with Crippen LogP contribution in [0.2, 0.25) is 0 Å². The van der Waals surface area contributed by atoms with Gasteiger partial charge in [0, 0.05) is 13.5 Å². The monoisotopic (exact) mass is 223 g/mol. The van der Waals surface area contributed by atoms with Crippen molar-refractivity contribution in [2.75, 3.05) is 0 Å². The molecule has 1 N–H and O–H groups in total. The zero-order chi connectivity index (χ0) is 11.8. The Morgan fingerprint density at radius 2 is 2.31 bits per heavy atom. The van der Waals surface area contributed by atoms with Crippen LogP contribution < -0.4 is 0 Å². The molecule has 2 rings (SSSR count). The van der Waals surface area contributed by atoms with Crippen molar-refractivity contribution < 1.29 is 5.11 Å². The molecule has 4 heteroatoms. The number of aromatic nitrogens is 3. The van der Waals surface area contributed by atoms with E-state index < -0.39 is 5.60 Å². The molecule has 1 aliphatic rings. The highest BCUT2D eigenvalue weighted by atomic mass is 16.3. The Balaban J connectivity index is 2.11. The Morgan fingerprint density at radius 1 is 1.56 bits per heavy atom. The summed E-state index contributed by atoms with van der Waals surface area (Å²) in [5, 5.41) is 14.7. The number of aryl methyl sites for hydroxylation is 1. The Kier molecular flexibility index (Phi) is 3.02. The van der Waals surface area contributed by atoms with Crippen LogP contribution in [0.4, 0.5) is 0 Å². The lowest BCUT2D eigenvalue weighted by molar-refractivity contribution is -0.0541. The molecule has 0 amide bonds. The molecule has 0 aliphatic heterocycles. The van der Waals surface area contributed by atoms with Crippen LogP contribution in [0.5, 0.6) is 0 Å². The molecular formula is C12H21N3O. The van der Waals surface area contributed by atoms with Crippen LogP contribution in [0, 0.1) is 11.8 Å². The molecule has 16 heavy (non-hydrogen) atoms. The lowest BCUT2D eigenvalue weighted by Gasteiger charge is -2.40. The third kappa shape index (κ3) is 2.12. The molecule has 0 bridgehead atoms. The Hall–Kier alpha value is -0.900. The fraction of sp³-hybridized carbons (Fsp3) is 0.833. The normalized spacial score (nSPS) is 35.2. The van der Waals surface area contributed by atoms with Gasteiger partial charge in [0.25, 0.3) is 0 Å². The molecule has 4 nitrogen and oxygen atoms in total. The minimum absolute atomic E-state index is 0.341. The van der Waals surface area contributed by atoms with Crippen molar-refractivity contribution in [3.8, 4) is 0 Å². The van der Waals surface area contributed by atoms with Gasteiger partial charge in [-0.1, -0.05) is 13.8 Å². The van der Waals surface area contributed by atoms with Gasteiger partial charge in [0.2, 0.25) is 0 Å². The maximum atomic E-state index is 10.7. The van der Waals surface area contributed by atoms with Gasteiger partial charge in [-0.15, -0.1) is 0 Å². The maximum absolute atomic E-state index is 10.7. The molecule has 3 unspecified atom stereocenters. The SMILES string of the molecule is CC1CCC(O)(Cc2ncnn2C)C(C)C1. The van der Waals surface area contributed by atoms with Gasteiger partial charge in [0.15, 0.2) is 0 Å². The summed E-state index contributed by atoms with van der Waals surface area (Å²) in [5.41, 5.74) is -0.590. The standard InChI is InChI=1S/C12H21N3O/c1-9-4-5-12(16,10(2)6-9)7-11-13-8-14-15(11)3/h8-10,16H,4-7H2,1-3H3. The molecule has 1 aromatic rings. The number of hydrogen-bond acceptors (Lipinski definition) is 3. The summed E-state index contributed by atoms with van der Waals surface area (Å²) >= 11 is 0. The van der Waals surface area contributed by atoms with Gasteiger partial charge in [-0.2, -0.15) is 5.10 Å². The minimum Gasteiger partial charge on any atom is -0.389 e. The molecule has 1 aliphatic carbocycles. The predicted octanol–water partition coefficient (Wildman–Crippen LogP) is 1.54. The first kappa shape index (κ1) is 11.6. The molecule has 3 atom stereocenters. The quantitative estimate of drug-likeness (QED) is 0.827. The average molecular weight is 223 g/mol. The Morgan fingerprint density at radius 3 is 2.88 bits per heavy atom. The van der Waals surface area contributed by atoms with Crippen LogP contribution in [0.3, 0.4) is 0 Å². The molecule has 1 fully saturated rings. The molecule has 1 aromatic heterocycles. The van der Waals surface area contributed by atoms with Crippen molar-refractivity contribution in [1.29, 1.82) is 0 Å². The molecule has 0 aromatic carbocycles. The predicted molar refractivity (Wildman–Crippen MR) is 61.8 cm³/mol. The summed E-state index contributed by atoms with van der Waals surface area (Å²) in [6, 6.07) is 0. The zero-order valence-electron chi connectivity index (χ0n) is 10.3. The number of nitrogens with zero attached hydrogens (tertiary/aromatic N) is 3. The van der Waals surface area contributed by atoms with Crippen molar-refractivity contribution in [3.63, 3.8) is 0 Å². The summed E-state index contributed by atoms with van der Waals surface area (Å²) in [6.45, 7) is 4.41. The van der Waals surface area contributed by atoms with E-state index >= 15 is 0 Å². The highest BCUT2D eigenvalue weighted by Gasteiger charge is 2.39.